The van der Waals surface area contributed by atoms with Crippen LogP contribution in [0.4, 0.5) is 0 Å². The van der Waals surface area contributed by atoms with Crippen molar-refractivity contribution in [1.29, 1.82) is 0 Å². The number of benzene rings is 2. The Hall–Kier alpha value is -2.67. The van der Waals surface area contributed by atoms with Gasteiger partial charge >= 0.3 is 5.97 Å². The Morgan fingerprint density at radius 1 is 1.12 bits per heavy atom. The first-order chi connectivity index (χ1) is 12.0. The summed E-state index contributed by atoms with van der Waals surface area (Å²) in [4.78, 5) is 24.8. The SMILES string of the molecule is COC(=O)[C@H](CC[S@](=O)c1ccccc1)NC(=O)c1ccc(O)cc1. The van der Waals surface area contributed by atoms with Crippen molar-refractivity contribution in [3.8, 4) is 5.75 Å². The number of hydrogen-bond donors (Lipinski definition) is 2. The van der Waals surface area contributed by atoms with Gasteiger partial charge in [0.15, 0.2) is 0 Å². The number of carbonyl (C=O) groups excluding carboxylic acids is 2. The average molecular weight is 361 g/mol. The summed E-state index contributed by atoms with van der Waals surface area (Å²) >= 11 is 0. The second kappa shape index (κ2) is 8.98. The molecule has 0 saturated carbocycles. The van der Waals surface area contributed by atoms with E-state index in [1.165, 1.54) is 31.4 Å². The summed E-state index contributed by atoms with van der Waals surface area (Å²) in [5.41, 5.74) is 0.302. The van der Waals surface area contributed by atoms with Gasteiger partial charge in [-0.15, -0.1) is 0 Å². The van der Waals surface area contributed by atoms with Crippen LogP contribution in [0.25, 0.3) is 0 Å². The van der Waals surface area contributed by atoms with E-state index in [4.69, 9.17) is 4.74 Å². The molecule has 0 aromatic heterocycles. The third-order valence-electron chi connectivity index (χ3n) is 3.52. The molecule has 25 heavy (non-hydrogen) atoms. The van der Waals surface area contributed by atoms with E-state index in [9.17, 15) is 18.9 Å². The fraction of sp³-hybridized carbons (Fsp3) is 0.222. The Labute approximate surface area is 148 Å². The highest BCUT2D eigenvalue weighted by atomic mass is 32.2. The Bertz CT molecular complexity index is 746. The summed E-state index contributed by atoms with van der Waals surface area (Å²) in [6.45, 7) is 0. The fourth-order valence-corrected chi connectivity index (χ4v) is 3.31. The molecule has 0 spiro atoms. The molecule has 132 valence electrons. The largest absolute Gasteiger partial charge is 0.508 e. The zero-order valence-corrected chi connectivity index (χ0v) is 14.5. The van der Waals surface area contributed by atoms with Gasteiger partial charge in [0.05, 0.1) is 17.9 Å². The van der Waals surface area contributed by atoms with Crippen LogP contribution in [0.1, 0.15) is 16.8 Å². The third kappa shape index (κ3) is 5.42. The van der Waals surface area contributed by atoms with E-state index in [2.05, 4.69) is 5.32 Å². The monoisotopic (exact) mass is 361 g/mol. The van der Waals surface area contributed by atoms with Crippen molar-refractivity contribution in [3.63, 3.8) is 0 Å². The number of ether oxygens (including phenoxy) is 1. The Balaban J connectivity index is 2.01. The number of hydrogen-bond acceptors (Lipinski definition) is 5. The lowest BCUT2D eigenvalue weighted by atomic mass is 10.1. The number of esters is 1. The lowest BCUT2D eigenvalue weighted by Gasteiger charge is -2.16. The van der Waals surface area contributed by atoms with Crippen LogP contribution in [0.3, 0.4) is 0 Å². The molecular weight excluding hydrogens is 342 g/mol. The van der Waals surface area contributed by atoms with E-state index < -0.39 is 28.7 Å². The highest BCUT2D eigenvalue weighted by Gasteiger charge is 2.23. The number of aromatic hydroxyl groups is 1. The molecule has 7 heteroatoms. The zero-order valence-electron chi connectivity index (χ0n) is 13.7. The van der Waals surface area contributed by atoms with Gasteiger partial charge in [-0.05, 0) is 42.8 Å². The Kier molecular flexibility index (Phi) is 6.71. The van der Waals surface area contributed by atoms with Gasteiger partial charge in [-0.2, -0.15) is 0 Å². The van der Waals surface area contributed by atoms with Gasteiger partial charge < -0.3 is 15.2 Å². The molecule has 0 bridgehead atoms. The Morgan fingerprint density at radius 3 is 2.36 bits per heavy atom. The molecule has 0 saturated heterocycles. The quantitative estimate of drug-likeness (QED) is 0.735. The summed E-state index contributed by atoms with van der Waals surface area (Å²) in [7, 11) is -0.0447. The number of carbonyl (C=O) groups is 2. The molecule has 2 aromatic carbocycles. The van der Waals surface area contributed by atoms with Crippen LogP contribution in [0, 0.1) is 0 Å². The van der Waals surface area contributed by atoms with Crippen molar-refractivity contribution in [2.24, 2.45) is 0 Å². The maximum absolute atomic E-state index is 12.3. The van der Waals surface area contributed by atoms with Gasteiger partial charge in [0.1, 0.15) is 11.8 Å². The maximum atomic E-state index is 12.3. The highest BCUT2D eigenvalue weighted by Crippen LogP contribution is 2.11. The van der Waals surface area contributed by atoms with Gasteiger partial charge in [0.25, 0.3) is 5.91 Å². The molecule has 2 aromatic rings. The molecule has 0 unspecified atom stereocenters. The van der Waals surface area contributed by atoms with Crippen LogP contribution < -0.4 is 5.32 Å². The van der Waals surface area contributed by atoms with Crippen LogP contribution in [-0.2, 0) is 20.3 Å². The molecular formula is C18H19NO5S. The fourth-order valence-electron chi connectivity index (χ4n) is 2.16. The maximum Gasteiger partial charge on any atom is 0.328 e. The van der Waals surface area contributed by atoms with E-state index in [-0.39, 0.29) is 17.9 Å². The van der Waals surface area contributed by atoms with Crippen molar-refractivity contribution < 1.29 is 23.6 Å². The smallest absolute Gasteiger partial charge is 0.328 e. The second-order valence-electron chi connectivity index (χ2n) is 5.25. The predicted octanol–water partition coefficient (Wildman–Crippen LogP) is 1.86. The summed E-state index contributed by atoms with van der Waals surface area (Å²) < 4.78 is 17.0. The molecule has 0 heterocycles. The minimum Gasteiger partial charge on any atom is -0.508 e. The van der Waals surface area contributed by atoms with E-state index in [1.807, 2.05) is 6.07 Å². The van der Waals surface area contributed by atoms with E-state index >= 15 is 0 Å². The first-order valence-electron chi connectivity index (χ1n) is 7.62. The van der Waals surface area contributed by atoms with Crippen molar-refractivity contribution in [3.05, 3.63) is 60.2 Å². The third-order valence-corrected chi connectivity index (χ3v) is 4.92. The van der Waals surface area contributed by atoms with E-state index in [1.54, 1.807) is 24.3 Å². The molecule has 6 nitrogen and oxygen atoms in total. The molecule has 0 aliphatic rings. The molecule has 1 amide bonds. The summed E-state index contributed by atoms with van der Waals surface area (Å²) in [6.07, 6.45) is 0.179. The first-order valence-corrected chi connectivity index (χ1v) is 8.94. The standard InChI is InChI=1S/C18H19NO5S/c1-24-18(22)16(11-12-25(23)15-5-3-2-4-6-15)19-17(21)13-7-9-14(20)10-8-13/h2-10,16,20H,11-12H2,1H3,(H,19,21)/t16-,25-/m0/s1. The molecule has 0 aliphatic heterocycles. The van der Waals surface area contributed by atoms with Gasteiger partial charge in [0.2, 0.25) is 0 Å². The van der Waals surface area contributed by atoms with Crippen molar-refractivity contribution in [1.82, 2.24) is 5.32 Å². The number of phenols is 1. The normalized spacial score (nSPS) is 12.8. The van der Waals surface area contributed by atoms with Crippen LogP contribution in [-0.4, -0.2) is 40.1 Å². The van der Waals surface area contributed by atoms with Gasteiger partial charge in [0, 0.05) is 16.2 Å². The molecule has 2 atom stereocenters. The zero-order chi connectivity index (χ0) is 18.2. The molecule has 0 fully saturated rings. The topological polar surface area (TPSA) is 92.7 Å². The highest BCUT2D eigenvalue weighted by molar-refractivity contribution is 7.85. The number of nitrogens with one attached hydrogen (secondary N) is 1. The summed E-state index contributed by atoms with van der Waals surface area (Å²) in [5, 5.41) is 11.8. The minimum atomic E-state index is -1.28. The molecule has 2 N–H and O–H groups in total. The minimum absolute atomic E-state index is 0.0410. The summed E-state index contributed by atoms with van der Waals surface area (Å²) in [6, 6.07) is 13.7. The Morgan fingerprint density at radius 2 is 1.76 bits per heavy atom. The second-order valence-corrected chi connectivity index (χ2v) is 6.82. The van der Waals surface area contributed by atoms with E-state index in [0.29, 0.717) is 10.5 Å². The lowest BCUT2D eigenvalue weighted by Crippen LogP contribution is -2.42. The van der Waals surface area contributed by atoms with Crippen LogP contribution in [0.5, 0.6) is 5.75 Å². The van der Waals surface area contributed by atoms with Gasteiger partial charge in [-0.3, -0.25) is 9.00 Å². The molecule has 2 rings (SSSR count). The van der Waals surface area contributed by atoms with Crippen LogP contribution >= 0.6 is 0 Å². The van der Waals surface area contributed by atoms with E-state index in [0.717, 1.165) is 0 Å². The number of methoxy groups -OCH3 is 1. The lowest BCUT2D eigenvalue weighted by molar-refractivity contribution is -0.142. The number of rotatable bonds is 7. The molecule has 0 aliphatic carbocycles. The molecule has 0 radical (unpaired) electrons. The van der Waals surface area contributed by atoms with Crippen molar-refractivity contribution in [2.45, 2.75) is 17.4 Å². The summed E-state index contributed by atoms with van der Waals surface area (Å²) in [5.74, 6) is -0.822. The van der Waals surface area contributed by atoms with Crippen molar-refractivity contribution in [2.75, 3.05) is 12.9 Å². The van der Waals surface area contributed by atoms with Crippen LogP contribution in [0.2, 0.25) is 0 Å². The first kappa shape index (κ1) is 18.7. The van der Waals surface area contributed by atoms with Crippen LogP contribution in [0.15, 0.2) is 59.5 Å². The van der Waals surface area contributed by atoms with Crippen molar-refractivity contribution >= 4 is 22.7 Å². The number of phenolic OH excluding ortho intramolecular Hbond substituents is 1. The van der Waals surface area contributed by atoms with Gasteiger partial charge in [-0.25, -0.2) is 4.79 Å². The van der Waals surface area contributed by atoms with Gasteiger partial charge in [-0.1, -0.05) is 18.2 Å². The number of amides is 1. The predicted molar refractivity (Wildman–Crippen MR) is 93.7 cm³/mol. The average Bonchev–Trinajstić information content (AvgIpc) is 2.65.